The molecule has 0 aliphatic carbocycles. The van der Waals surface area contributed by atoms with Crippen molar-refractivity contribution in [2.75, 3.05) is 14.2 Å². The topological polar surface area (TPSA) is 84.1 Å². The van der Waals surface area contributed by atoms with Gasteiger partial charge in [0.05, 0.1) is 37.5 Å². The van der Waals surface area contributed by atoms with Gasteiger partial charge >= 0.3 is 5.97 Å². The monoisotopic (exact) mass is 545 g/mol. The van der Waals surface area contributed by atoms with E-state index in [9.17, 15) is 4.79 Å². The van der Waals surface area contributed by atoms with Crippen molar-refractivity contribution in [2.24, 2.45) is 0 Å². The Labute approximate surface area is 216 Å². The third-order valence-corrected chi connectivity index (χ3v) is 6.43. The van der Waals surface area contributed by atoms with Crippen LogP contribution in [0.1, 0.15) is 22.3 Å². The number of pyridine rings is 2. The fourth-order valence-corrected chi connectivity index (χ4v) is 4.83. The number of methoxy groups -OCH3 is 2. The van der Waals surface area contributed by atoms with Gasteiger partial charge < -0.3 is 18.6 Å². The van der Waals surface area contributed by atoms with Gasteiger partial charge in [0.15, 0.2) is 5.82 Å². The summed E-state index contributed by atoms with van der Waals surface area (Å²) in [5.74, 6) is 0.806. The molecule has 182 valence electrons. The summed E-state index contributed by atoms with van der Waals surface area (Å²) in [6.07, 6.45) is 8.03. The molecule has 0 N–H and O–H groups in total. The summed E-state index contributed by atoms with van der Waals surface area (Å²) in [5, 5.41) is 1.02. The second-order valence-corrected chi connectivity index (χ2v) is 9.16. The van der Waals surface area contributed by atoms with Gasteiger partial charge in [0.1, 0.15) is 16.9 Å². The molecule has 1 aromatic carbocycles. The highest BCUT2D eigenvalue weighted by Gasteiger charge is 2.23. The second kappa shape index (κ2) is 9.94. The van der Waals surface area contributed by atoms with Gasteiger partial charge in [-0.25, -0.2) is 14.8 Å². The Hall–Kier alpha value is -3.98. The van der Waals surface area contributed by atoms with E-state index in [2.05, 4.69) is 47.7 Å². The third-order valence-electron chi connectivity index (χ3n) is 5.99. The Morgan fingerprint density at radius 3 is 2.78 bits per heavy atom. The van der Waals surface area contributed by atoms with Crippen LogP contribution in [0.2, 0.25) is 0 Å². The van der Waals surface area contributed by atoms with E-state index in [0.29, 0.717) is 29.9 Å². The van der Waals surface area contributed by atoms with E-state index in [1.54, 1.807) is 31.6 Å². The number of ether oxygens (including phenoxy) is 2. The first-order valence-corrected chi connectivity index (χ1v) is 12.1. The van der Waals surface area contributed by atoms with Gasteiger partial charge in [-0.3, -0.25) is 4.98 Å². The molecular formula is C27H24BrN5O3. The Kier molecular flexibility index (Phi) is 6.56. The lowest BCUT2D eigenvalue weighted by molar-refractivity contribution is 0.0600. The average Bonchev–Trinajstić information content (AvgIpc) is 3.44. The van der Waals surface area contributed by atoms with Crippen LogP contribution in [-0.2, 0) is 17.8 Å². The first-order valence-electron chi connectivity index (χ1n) is 11.4. The van der Waals surface area contributed by atoms with Gasteiger partial charge in [-0.1, -0.05) is 6.08 Å². The summed E-state index contributed by atoms with van der Waals surface area (Å²) in [4.78, 5) is 26.3. The van der Waals surface area contributed by atoms with E-state index >= 15 is 0 Å². The second-order valence-electron chi connectivity index (χ2n) is 8.25. The van der Waals surface area contributed by atoms with Gasteiger partial charge in [0.2, 0.25) is 0 Å². The number of esters is 1. The smallest absolute Gasteiger partial charge is 0.338 e. The van der Waals surface area contributed by atoms with E-state index in [0.717, 1.165) is 44.5 Å². The van der Waals surface area contributed by atoms with Crippen LogP contribution in [0.5, 0.6) is 5.75 Å². The Morgan fingerprint density at radius 1 is 1.17 bits per heavy atom. The minimum absolute atomic E-state index is 0.371. The molecule has 0 saturated carbocycles. The number of carbonyl (C=O) groups excluding carboxylic acids is 1. The number of allylic oxidation sites excluding steroid dienone is 1. The van der Waals surface area contributed by atoms with Crippen molar-refractivity contribution in [2.45, 2.75) is 19.5 Å². The fourth-order valence-electron chi connectivity index (χ4n) is 4.41. The van der Waals surface area contributed by atoms with Gasteiger partial charge in [-0.15, -0.1) is 6.58 Å². The minimum Gasteiger partial charge on any atom is -0.494 e. The molecule has 4 aromatic heterocycles. The zero-order valence-electron chi connectivity index (χ0n) is 19.9. The normalized spacial score (nSPS) is 11.2. The van der Waals surface area contributed by atoms with Crippen molar-refractivity contribution in [3.05, 3.63) is 83.2 Å². The van der Waals surface area contributed by atoms with Crippen LogP contribution in [0, 0.1) is 0 Å². The molecule has 0 spiro atoms. The highest BCUT2D eigenvalue weighted by molar-refractivity contribution is 9.10. The van der Waals surface area contributed by atoms with Crippen molar-refractivity contribution in [3.63, 3.8) is 0 Å². The standard InChI is InChI=1S/C27H24BrN5O3/c1-4-5-9-32-22(12-18-7-6-8-30-25(18)32)26-31-21-11-19(27(34)36-3)13-23(35-2)24(21)33(26)16-17-10-20(28)15-29-14-17/h4,6-8,10-15H,1,5,9,16H2,2-3H3. The summed E-state index contributed by atoms with van der Waals surface area (Å²) in [7, 11) is 2.94. The molecule has 5 aromatic rings. The van der Waals surface area contributed by atoms with Gasteiger partial charge in [-0.2, -0.15) is 0 Å². The summed E-state index contributed by atoms with van der Waals surface area (Å²) in [5.41, 5.74) is 4.53. The van der Waals surface area contributed by atoms with Gasteiger partial charge in [0, 0.05) is 35.0 Å². The molecule has 0 aliphatic rings. The minimum atomic E-state index is -0.452. The number of rotatable bonds is 8. The van der Waals surface area contributed by atoms with Crippen LogP contribution >= 0.6 is 15.9 Å². The molecule has 5 rings (SSSR count). The number of carbonyl (C=O) groups is 1. The van der Waals surface area contributed by atoms with Crippen molar-refractivity contribution in [1.29, 1.82) is 0 Å². The number of aryl methyl sites for hydroxylation is 1. The molecule has 9 heteroatoms. The molecule has 0 amide bonds. The van der Waals surface area contributed by atoms with Crippen molar-refractivity contribution in [1.82, 2.24) is 24.1 Å². The summed E-state index contributed by atoms with van der Waals surface area (Å²) >= 11 is 3.52. The fraction of sp³-hybridized carbons (Fsp3) is 0.185. The SMILES string of the molecule is C=CCCn1c(-c2nc3cc(C(=O)OC)cc(OC)c3n2Cc2cncc(Br)c2)cc2cccnc21. The number of hydrogen-bond acceptors (Lipinski definition) is 6. The number of imidazole rings is 1. The quantitative estimate of drug-likeness (QED) is 0.185. The molecule has 0 bridgehead atoms. The zero-order valence-corrected chi connectivity index (χ0v) is 21.5. The van der Waals surface area contributed by atoms with E-state index < -0.39 is 5.97 Å². The molecule has 0 aliphatic heterocycles. The van der Waals surface area contributed by atoms with Gasteiger partial charge in [0.25, 0.3) is 0 Å². The van der Waals surface area contributed by atoms with Crippen LogP contribution in [0.4, 0.5) is 0 Å². The molecule has 0 saturated heterocycles. The number of halogens is 1. The average molecular weight is 546 g/mol. The number of nitrogens with zero attached hydrogens (tertiary/aromatic N) is 5. The van der Waals surface area contributed by atoms with Crippen LogP contribution in [0.25, 0.3) is 33.6 Å². The van der Waals surface area contributed by atoms with Crippen molar-refractivity contribution < 1.29 is 14.3 Å². The molecule has 4 heterocycles. The number of fused-ring (bicyclic) bond motifs is 2. The summed E-state index contributed by atoms with van der Waals surface area (Å²) < 4.78 is 15.8. The summed E-state index contributed by atoms with van der Waals surface area (Å²) in [6.45, 7) is 5.08. The molecule has 0 radical (unpaired) electrons. The molecule has 0 atom stereocenters. The molecule has 8 nitrogen and oxygen atoms in total. The predicted molar refractivity (Wildman–Crippen MR) is 142 cm³/mol. The molecule has 0 fully saturated rings. The van der Waals surface area contributed by atoms with E-state index in [1.165, 1.54) is 7.11 Å². The maximum absolute atomic E-state index is 12.4. The lowest BCUT2D eigenvalue weighted by Crippen LogP contribution is -2.08. The van der Waals surface area contributed by atoms with Crippen molar-refractivity contribution in [3.8, 4) is 17.3 Å². The zero-order chi connectivity index (χ0) is 25.2. The Morgan fingerprint density at radius 2 is 2.03 bits per heavy atom. The predicted octanol–water partition coefficient (Wildman–Crippen LogP) is 5.63. The largest absolute Gasteiger partial charge is 0.494 e. The van der Waals surface area contributed by atoms with Crippen LogP contribution in [-0.4, -0.2) is 44.3 Å². The molecular weight excluding hydrogens is 522 g/mol. The number of hydrogen-bond donors (Lipinski definition) is 0. The van der Waals surface area contributed by atoms with Crippen molar-refractivity contribution >= 4 is 44.0 Å². The van der Waals surface area contributed by atoms with Crippen LogP contribution < -0.4 is 4.74 Å². The first-order chi connectivity index (χ1) is 17.5. The molecule has 0 unspecified atom stereocenters. The van der Waals surface area contributed by atoms with E-state index in [4.69, 9.17) is 14.5 Å². The van der Waals surface area contributed by atoms with Crippen LogP contribution in [0.3, 0.4) is 0 Å². The van der Waals surface area contributed by atoms with Gasteiger partial charge in [-0.05, 0) is 64.3 Å². The highest BCUT2D eigenvalue weighted by Crippen LogP contribution is 2.35. The highest BCUT2D eigenvalue weighted by atomic mass is 79.9. The molecule has 36 heavy (non-hydrogen) atoms. The Bertz CT molecular complexity index is 1600. The first kappa shape index (κ1) is 23.7. The number of benzene rings is 1. The third kappa shape index (κ3) is 4.26. The van der Waals surface area contributed by atoms with E-state index in [1.807, 2.05) is 30.5 Å². The lowest BCUT2D eigenvalue weighted by Gasteiger charge is -2.14. The van der Waals surface area contributed by atoms with Crippen LogP contribution in [0.15, 0.2) is 72.1 Å². The number of aromatic nitrogens is 5. The lowest BCUT2D eigenvalue weighted by atomic mass is 10.1. The summed E-state index contributed by atoms with van der Waals surface area (Å²) in [6, 6.07) is 11.5. The Balaban J connectivity index is 1.81. The maximum Gasteiger partial charge on any atom is 0.338 e. The maximum atomic E-state index is 12.4. The van der Waals surface area contributed by atoms with E-state index in [-0.39, 0.29) is 0 Å².